The number of amides is 3. The molecule has 2 N–H and O–H groups in total. The van der Waals surface area contributed by atoms with Crippen molar-refractivity contribution in [1.29, 1.82) is 0 Å². The normalized spacial score (nSPS) is 23.3. The molecule has 0 atom stereocenters. The Morgan fingerprint density at radius 1 is 1.08 bits per heavy atom. The molecule has 2 aromatic heterocycles. The van der Waals surface area contributed by atoms with E-state index in [0.717, 1.165) is 82.3 Å². The van der Waals surface area contributed by atoms with Crippen LogP contribution in [0.5, 0.6) is 5.88 Å². The number of piperidine rings is 1. The number of ether oxygens (including phenoxy) is 1. The van der Waals surface area contributed by atoms with Gasteiger partial charge in [0.1, 0.15) is 6.61 Å². The zero-order valence-electron chi connectivity index (χ0n) is 23.0. The summed E-state index contributed by atoms with van der Waals surface area (Å²) in [5.41, 5.74) is 2.33. The molecule has 0 radical (unpaired) electrons. The maximum absolute atomic E-state index is 13.0. The summed E-state index contributed by atoms with van der Waals surface area (Å²) in [6.07, 6.45) is 11.0. The number of aromatic nitrogens is 3. The molecule has 5 rings (SSSR count). The van der Waals surface area contributed by atoms with Gasteiger partial charge in [-0.2, -0.15) is 4.99 Å². The molecule has 0 spiro atoms. The van der Waals surface area contributed by atoms with Crippen LogP contribution in [0.3, 0.4) is 0 Å². The van der Waals surface area contributed by atoms with Crippen molar-refractivity contribution in [3.8, 4) is 5.88 Å². The number of hydrogen-bond acceptors (Lipinski definition) is 5. The number of nitrogens with zero attached hydrogens (tertiary/aromatic N) is 5. The number of H-pyrrole nitrogens is 1. The number of imidazole rings is 1. The number of carbonyl (C=O) groups is 2. The maximum Gasteiger partial charge on any atom is 0.346 e. The fourth-order valence-corrected chi connectivity index (χ4v) is 6.08. The second-order valence-electron chi connectivity index (χ2n) is 11.4. The standard InChI is InChI=1S/C28H43N7O3/c1-20(2)30-26(36)21-8-10-22(11-9-21)35-24-18-25(38-17-16-33-12-4-3-5-13-33)29-19-23(24)31-27(35)32-28(37)34-14-6-7-15-34/h18-22H,3-17H2,1-2H3,(H,30,36)(H,31,32,37)/t21-,22+. The van der Waals surface area contributed by atoms with Gasteiger partial charge in [-0.1, -0.05) is 6.42 Å². The highest BCUT2D eigenvalue weighted by molar-refractivity contribution is 5.79. The summed E-state index contributed by atoms with van der Waals surface area (Å²) in [4.78, 5) is 42.3. The quantitative estimate of drug-likeness (QED) is 0.574. The van der Waals surface area contributed by atoms with Crippen molar-refractivity contribution in [3.63, 3.8) is 0 Å². The first-order chi connectivity index (χ1) is 18.5. The highest BCUT2D eigenvalue weighted by Crippen LogP contribution is 2.33. The van der Waals surface area contributed by atoms with Gasteiger partial charge in [-0.25, -0.2) is 9.78 Å². The Morgan fingerprint density at radius 3 is 2.50 bits per heavy atom. The van der Waals surface area contributed by atoms with Crippen LogP contribution in [0.4, 0.5) is 4.79 Å². The summed E-state index contributed by atoms with van der Waals surface area (Å²) >= 11 is 0. The number of carbonyl (C=O) groups excluding carboxylic acids is 2. The molecule has 0 unspecified atom stereocenters. The molecular formula is C28H43N7O3. The van der Waals surface area contributed by atoms with Crippen molar-refractivity contribution >= 4 is 23.0 Å². The lowest BCUT2D eigenvalue weighted by Crippen LogP contribution is -2.38. The molecule has 10 heteroatoms. The van der Waals surface area contributed by atoms with E-state index in [2.05, 4.69) is 29.7 Å². The van der Waals surface area contributed by atoms with Gasteiger partial charge in [-0.05, 0) is 78.3 Å². The maximum atomic E-state index is 13.0. The van der Waals surface area contributed by atoms with Crippen molar-refractivity contribution in [2.24, 2.45) is 10.9 Å². The van der Waals surface area contributed by atoms with Crippen LogP contribution in [-0.4, -0.2) is 81.6 Å². The molecule has 0 bridgehead atoms. The van der Waals surface area contributed by atoms with Gasteiger partial charge in [0.05, 0.1) is 17.2 Å². The zero-order chi connectivity index (χ0) is 26.5. The van der Waals surface area contributed by atoms with Gasteiger partial charge >= 0.3 is 6.03 Å². The van der Waals surface area contributed by atoms with E-state index in [4.69, 9.17) is 4.74 Å². The van der Waals surface area contributed by atoms with Crippen LogP contribution in [0, 0.1) is 5.92 Å². The van der Waals surface area contributed by atoms with Gasteiger partial charge in [-0.3, -0.25) is 9.69 Å². The Hall–Kier alpha value is -2.88. The lowest BCUT2D eigenvalue weighted by atomic mass is 9.85. The average Bonchev–Trinajstić information content (AvgIpc) is 3.57. The molecule has 3 aliphatic rings. The SMILES string of the molecule is CC(C)NC(=O)[C@H]1CC[C@@H](n2/c(=N/C(=O)N3CCCC3)[nH]c3cnc(OCCN4CCCCC4)cc32)CC1. The van der Waals surface area contributed by atoms with Crippen LogP contribution < -0.4 is 15.7 Å². The summed E-state index contributed by atoms with van der Waals surface area (Å²) in [6.45, 7) is 9.30. The van der Waals surface area contributed by atoms with Gasteiger partial charge in [-0.15, -0.1) is 0 Å². The molecular weight excluding hydrogens is 482 g/mol. The Morgan fingerprint density at radius 2 is 1.79 bits per heavy atom. The van der Waals surface area contributed by atoms with E-state index >= 15 is 0 Å². The van der Waals surface area contributed by atoms with Crippen molar-refractivity contribution in [1.82, 2.24) is 29.7 Å². The van der Waals surface area contributed by atoms with Crippen LogP contribution in [0.25, 0.3) is 11.0 Å². The molecule has 38 heavy (non-hydrogen) atoms. The molecule has 3 fully saturated rings. The number of pyridine rings is 1. The summed E-state index contributed by atoms with van der Waals surface area (Å²) < 4.78 is 8.23. The van der Waals surface area contributed by atoms with E-state index in [1.54, 1.807) is 6.20 Å². The third-order valence-corrected chi connectivity index (χ3v) is 8.14. The van der Waals surface area contributed by atoms with E-state index in [-0.39, 0.29) is 29.9 Å². The molecule has 1 aliphatic carbocycles. The second-order valence-corrected chi connectivity index (χ2v) is 11.4. The van der Waals surface area contributed by atoms with Gasteiger partial charge in [0.25, 0.3) is 0 Å². The number of aromatic amines is 1. The Balaban J connectivity index is 1.37. The van der Waals surface area contributed by atoms with Crippen molar-refractivity contribution < 1.29 is 14.3 Å². The lowest BCUT2D eigenvalue weighted by molar-refractivity contribution is -0.126. The third kappa shape index (κ3) is 6.39. The highest BCUT2D eigenvalue weighted by atomic mass is 16.5. The summed E-state index contributed by atoms with van der Waals surface area (Å²) in [5, 5.41) is 3.06. The first kappa shape index (κ1) is 26.7. The van der Waals surface area contributed by atoms with E-state index in [9.17, 15) is 9.59 Å². The van der Waals surface area contributed by atoms with Crippen LogP contribution in [-0.2, 0) is 4.79 Å². The van der Waals surface area contributed by atoms with E-state index in [1.807, 2.05) is 24.8 Å². The van der Waals surface area contributed by atoms with Gasteiger partial charge in [0.2, 0.25) is 17.4 Å². The fraction of sp³-hybridized carbons (Fsp3) is 0.714. The molecule has 0 aromatic carbocycles. The van der Waals surface area contributed by atoms with Crippen molar-refractivity contribution in [3.05, 3.63) is 17.9 Å². The molecule has 2 aromatic rings. The molecule has 2 aliphatic heterocycles. The molecule has 4 heterocycles. The molecule has 10 nitrogen and oxygen atoms in total. The predicted molar refractivity (Wildman–Crippen MR) is 146 cm³/mol. The Kier molecular flexibility index (Phi) is 8.66. The largest absolute Gasteiger partial charge is 0.476 e. The van der Waals surface area contributed by atoms with Crippen LogP contribution in [0.1, 0.15) is 77.7 Å². The number of fused-ring (bicyclic) bond motifs is 1. The Bertz CT molecular complexity index is 1170. The molecule has 208 valence electrons. The number of nitrogens with one attached hydrogen (secondary N) is 2. The van der Waals surface area contributed by atoms with Gasteiger partial charge < -0.3 is 24.5 Å². The third-order valence-electron chi connectivity index (χ3n) is 8.14. The number of likely N-dealkylation sites (tertiary alicyclic amines) is 2. The molecule has 3 amide bonds. The van der Waals surface area contributed by atoms with Crippen molar-refractivity contribution in [2.75, 3.05) is 39.3 Å². The van der Waals surface area contributed by atoms with Gasteiger partial charge in [0.15, 0.2) is 0 Å². The number of rotatable bonds is 7. The first-order valence-electron chi connectivity index (χ1n) is 14.6. The minimum absolute atomic E-state index is 0.0291. The fourth-order valence-electron chi connectivity index (χ4n) is 6.08. The van der Waals surface area contributed by atoms with E-state index in [1.165, 1.54) is 19.3 Å². The average molecular weight is 526 g/mol. The Labute approximate surface area is 224 Å². The predicted octanol–water partition coefficient (Wildman–Crippen LogP) is 3.60. The van der Waals surface area contributed by atoms with E-state index in [0.29, 0.717) is 18.1 Å². The van der Waals surface area contributed by atoms with Crippen molar-refractivity contribution in [2.45, 2.75) is 83.7 Å². The topological polar surface area (TPSA) is 108 Å². The van der Waals surface area contributed by atoms with Crippen LogP contribution >= 0.6 is 0 Å². The number of hydrogen-bond donors (Lipinski definition) is 2. The van der Waals surface area contributed by atoms with Gasteiger partial charge in [0, 0.05) is 43.7 Å². The first-order valence-corrected chi connectivity index (χ1v) is 14.6. The molecule has 1 saturated carbocycles. The smallest absolute Gasteiger partial charge is 0.346 e. The second kappa shape index (κ2) is 12.3. The van der Waals surface area contributed by atoms with Crippen LogP contribution in [0.2, 0.25) is 0 Å². The number of urea groups is 1. The van der Waals surface area contributed by atoms with Crippen LogP contribution in [0.15, 0.2) is 17.3 Å². The monoisotopic (exact) mass is 525 g/mol. The van der Waals surface area contributed by atoms with E-state index < -0.39 is 0 Å². The summed E-state index contributed by atoms with van der Waals surface area (Å²) in [7, 11) is 0. The minimum Gasteiger partial charge on any atom is -0.476 e. The zero-order valence-corrected chi connectivity index (χ0v) is 23.0. The summed E-state index contributed by atoms with van der Waals surface area (Å²) in [6, 6.07) is 2.06. The molecule has 2 saturated heterocycles. The highest BCUT2D eigenvalue weighted by Gasteiger charge is 2.29. The summed E-state index contributed by atoms with van der Waals surface area (Å²) in [5.74, 6) is 0.760. The lowest BCUT2D eigenvalue weighted by Gasteiger charge is -2.29. The minimum atomic E-state index is -0.196.